The van der Waals surface area contributed by atoms with E-state index in [0.29, 0.717) is 24.7 Å². The summed E-state index contributed by atoms with van der Waals surface area (Å²) in [6.07, 6.45) is 13.9. The summed E-state index contributed by atoms with van der Waals surface area (Å²) in [4.78, 5) is 38.9. The van der Waals surface area contributed by atoms with Gasteiger partial charge in [-0.3, -0.25) is 14.5 Å². The molecule has 2 aliphatic carbocycles. The van der Waals surface area contributed by atoms with Crippen LogP contribution in [0, 0.1) is 11.8 Å². The summed E-state index contributed by atoms with van der Waals surface area (Å²) < 4.78 is 7.04. The molecule has 2 saturated heterocycles. The third-order valence-corrected chi connectivity index (χ3v) is 10.1. The lowest BCUT2D eigenvalue weighted by molar-refractivity contribution is -0.136. The molecule has 4 aliphatic rings. The van der Waals surface area contributed by atoms with Crippen LogP contribution in [-0.2, 0) is 14.4 Å². The third kappa shape index (κ3) is 5.93. The molecule has 4 fully saturated rings. The summed E-state index contributed by atoms with van der Waals surface area (Å²) in [6, 6.07) is 9.33. The number of hydrogen-bond acceptors (Lipinski definition) is 7. The van der Waals surface area contributed by atoms with E-state index in [4.69, 9.17) is 14.6 Å². The number of fused-ring (bicyclic) bond motifs is 5. The van der Waals surface area contributed by atoms with Crippen LogP contribution < -0.4 is 5.56 Å². The molecule has 2 unspecified atom stereocenters. The van der Waals surface area contributed by atoms with Crippen LogP contribution in [0.1, 0.15) is 95.2 Å². The van der Waals surface area contributed by atoms with Crippen molar-refractivity contribution in [3.63, 3.8) is 0 Å². The molecule has 9 nitrogen and oxygen atoms in total. The normalized spacial score (nSPS) is 30.3. The van der Waals surface area contributed by atoms with Gasteiger partial charge < -0.3 is 19.2 Å². The highest BCUT2D eigenvalue weighted by molar-refractivity contribution is 6.00. The highest BCUT2D eigenvalue weighted by Gasteiger charge is 2.49. The van der Waals surface area contributed by atoms with E-state index in [0.717, 1.165) is 35.7 Å². The van der Waals surface area contributed by atoms with Gasteiger partial charge in [-0.15, -0.1) is 0 Å². The highest BCUT2D eigenvalue weighted by Crippen LogP contribution is 2.49. The number of nitrogens with zero attached hydrogens (tertiary/aromatic N) is 4. The number of carboxylic acid groups (broad SMARTS) is 1. The summed E-state index contributed by atoms with van der Waals surface area (Å²) in [7, 11) is 1.57. The van der Waals surface area contributed by atoms with Gasteiger partial charge in [0.05, 0.1) is 30.1 Å². The zero-order chi connectivity index (χ0) is 28.3. The van der Waals surface area contributed by atoms with Crippen molar-refractivity contribution in [3.8, 4) is 0 Å². The molecule has 2 saturated carbocycles. The Morgan fingerprint density at radius 1 is 0.951 bits per heavy atom. The van der Waals surface area contributed by atoms with E-state index in [2.05, 4.69) is 10.1 Å². The number of oxime groups is 1. The Balaban J connectivity index is 1.38. The molecule has 5 atom stereocenters. The summed E-state index contributed by atoms with van der Waals surface area (Å²) in [6.45, 7) is 0.550. The minimum Gasteiger partial charge on any atom is -0.481 e. The maximum absolute atomic E-state index is 14.4. The molecule has 222 valence electrons. The monoisotopic (exact) mass is 564 g/mol. The van der Waals surface area contributed by atoms with Gasteiger partial charge in [0, 0.05) is 31.7 Å². The first-order chi connectivity index (χ1) is 20.0. The summed E-state index contributed by atoms with van der Waals surface area (Å²) in [5.41, 5.74) is 1.84. The predicted molar refractivity (Wildman–Crippen MR) is 157 cm³/mol. The molecule has 6 rings (SSSR count). The van der Waals surface area contributed by atoms with E-state index in [1.54, 1.807) is 7.11 Å². The molecule has 1 N–H and O–H groups in total. The van der Waals surface area contributed by atoms with Crippen LogP contribution in [0.5, 0.6) is 0 Å². The van der Waals surface area contributed by atoms with E-state index in [9.17, 15) is 14.7 Å². The van der Waals surface area contributed by atoms with Crippen molar-refractivity contribution in [2.24, 2.45) is 17.0 Å². The van der Waals surface area contributed by atoms with Crippen LogP contribution in [-0.4, -0.2) is 69.7 Å². The van der Waals surface area contributed by atoms with Gasteiger partial charge in [-0.05, 0) is 62.5 Å². The summed E-state index contributed by atoms with van der Waals surface area (Å²) in [5, 5.41) is 13.6. The van der Waals surface area contributed by atoms with Gasteiger partial charge in [0.15, 0.2) is 5.69 Å². The van der Waals surface area contributed by atoms with E-state index >= 15 is 0 Å². The smallest absolute Gasteiger partial charge is 0.303 e. The first-order valence-corrected chi connectivity index (χ1v) is 15.7. The van der Waals surface area contributed by atoms with Gasteiger partial charge in [-0.1, -0.05) is 49.4 Å². The van der Waals surface area contributed by atoms with Crippen molar-refractivity contribution in [2.75, 3.05) is 20.3 Å². The number of rotatable bonds is 10. The standard InChI is InChI=1S/C32H44N4O5/c1-40-15-16-41-34-26(13-14-30(37)38)31-32(39)36(27-11-5-4-10-25(27)33-31)29-20-23-9-6-12-28(29)35(23)24-18-21-7-2-3-8-22(17-21)19-24/h4-5,10-11,21-24,28-29H,2-3,6-9,12-20H2,1H3,(H,37,38)/b34-26+/t21?,22?,23-,24?,28+,29+/m0/s1. The van der Waals surface area contributed by atoms with E-state index in [1.165, 1.54) is 57.8 Å². The maximum atomic E-state index is 14.4. The molecule has 0 radical (unpaired) electrons. The van der Waals surface area contributed by atoms with Crippen LogP contribution in [0.4, 0.5) is 0 Å². The topological polar surface area (TPSA) is 106 Å². The number of aromatic nitrogens is 2. The second-order valence-electron chi connectivity index (χ2n) is 12.7. The van der Waals surface area contributed by atoms with Gasteiger partial charge >= 0.3 is 5.97 Å². The van der Waals surface area contributed by atoms with Gasteiger partial charge in [0.2, 0.25) is 0 Å². The number of hydrogen-bond donors (Lipinski definition) is 1. The van der Waals surface area contributed by atoms with Crippen LogP contribution in [0.3, 0.4) is 0 Å². The molecule has 1 aromatic heterocycles. The Labute approximate surface area is 241 Å². The largest absolute Gasteiger partial charge is 0.481 e. The Morgan fingerprint density at radius 2 is 1.73 bits per heavy atom. The molecular weight excluding hydrogens is 520 g/mol. The molecule has 41 heavy (non-hydrogen) atoms. The number of aliphatic carboxylic acids is 1. The number of ether oxygens (including phenoxy) is 1. The molecule has 2 aromatic rings. The molecule has 9 heteroatoms. The van der Waals surface area contributed by atoms with E-state index < -0.39 is 5.97 Å². The zero-order valence-electron chi connectivity index (χ0n) is 24.2. The Kier molecular flexibility index (Phi) is 8.72. The summed E-state index contributed by atoms with van der Waals surface area (Å²) >= 11 is 0. The Morgan fingerprint density at radius 3 is 2.49 bits per heavy atom. The first-order valence-electron chi connectivity index (χ1n) is 15.7. The van der Waals surface area contributed by atoms with Crippen molar-refractivity contribution in [3.05, 3.63) is 40.3 Å². The van der Waals surface area contributed by atoms with Crippen molar-refractivity contribution in [1.29, 1.82) is 0 Å². The van der Waals surface area contributed by atoms with Crippen LogP contribution in [0.2, 0.25) is 0 Å². The molecular formula is C32H44N4O5. The van der Waals surface area contributed by atoms with Gasteiger partial charge in [-0.25, -0.2) is 4.98 Å². The molecule has 1 aromatic carbocycles. The number of piperidine rings is 1. The lowest BCUT2D eigenvalue weighted by Gasteiger charge is -2.46. The quantitative estimate of drug-likeness (QED) is 0.242. The second kappa shape index (κ2) is 12.6. The minimum absolute atomic E-state index is 0.0562. The number of carbonyl (C=O) groups is 1. The van der Waals surface area contributed by atoms with E-state index in [-0.39, 0.29) is 42.5 Å². The average Bonchev–Trinajstić information content (AvgIpc) is 3.07. The number of carboxylic acids is 1. The number of para-hydroxylation sites is 2. The second-order valence-corrected chi connectivity index (χ2v) is 12.7. The lowest BCUT2D eigenvalue weighted by atomic mass is 9.76. The average molecular weight is 565 g/mol. The maximum Gasteiger partial charge on any atom is 0.303 e. The molecule has 3 heterocycles. The predicted octanol–water partition coefficient (Wildman–Crippen LogP) is 5.16. The fourth-order valence-corrected chi connectivity index (χ4v) is 8.50. The number of benzene rings is 1. The van der Waals surface area contributed by atoms with Gasteiger partial charge in [-0.2, -0.15) is 0 Å². The van der Waals surface area contributed by atoms with Crippen molar-refractivity contribution < 1.29 is 19.5 Å². The highest BCUT2D eigenvalue weighted by atomic mass is 16.6. The first kappa shape index (κ1) is 28.3. The van der Waals surface area contributed by atoms with Gasteiger partial charge in [0.25, 0.3) is 5.56 Å². The Hall–Kier alpha value is -2.78. The molecule has 2 aliphatic heterocycles. The number of methoxy groups -OCH3 is 1. The van der Waals surface area contributed by atoms with Crippen LogP contribution in [0.25, 0.3) is 11.0 Å². The van der Waals surface area contributed by atoms with Crippen molar-refractivity contribution >= 4 is 22.7 Å². The molecule has 4 bridgehead atoms. The fraction of sp³-hybridized carbons (Fsp3) is 0.688. The SMILES string of the molecule is COCCO/N=C(\CCC(=O)O)c1nc2ccccc2n([C@@H]2C[C@@H]3CCC[C@H]2N3C2CC3CCCCC(C3)C2)c1=O. The third-order valence-electron chi connectivity index (χ3n) is 10.1. The Bertz CT molecular complexity index is 1310. The minimum atomic E-state index is -0.955. The van der Waals surface area contributed by atoms with Crippen molar-refractivity contribution in [1.82, 2.24) is 14.5 Å². The lowest BCUT2D eigenvalue weighted by Crippen LogP contribution is -2.51. The fourth-order valence-electron chi connectivity index (χ4n) is 8.50. The van der Waals surface area contributed by atoms with Gasteiger partial charge in [0.1, 0.15) is 12.3 Å². The van der Waals surface area contributed by atoms with Crippen LogP contribution in [0.15, 0.2) is 34.2 Å². The van der Waals surface area contributed by atoms with Crippen molar-refractivity contribution in [2.45, 2.75) is 108 Å². The zero-order valence-corrected chi connectivity index (χ0v) is 24.2. The molecule has 0 amide bonds. The summed E-state index contributed by atoms with van der Waals surface area (Å²) in [5.74, 6) is 0.746. The van der Waals surface area contributed by atoms with E-state index in [1.807, 2.05) is 28.8 Å². The van der Waals surface area contributed by atoms with Crippen LogP contribution >= 0.6 is 0 Å². The molecule has 0 spiro atoms.